The number of aromatic nitrogens is 2. The van der Waals surface area contributed by atoms with E-state index in [2.05, 4.69) is 5.32 Å². The molecule has 0 aliphatic heterocycles. The Morgan fingerprint density at radius 2 is 1.90 bits per heavy atom. The summed E-state index contributed by atoms with van der Waals surface area (Å²) >= 11 is 0. The molecule has 1 atom stereocenters. The van der Waals surface area contributed by atoms with E-state index in [0.717, 1.165) is 11.0 Å². The van der Waals surface area contributed by atoms with Crippen LogP contribution in [0.15, 0.2) is 29.1 Å². The SMILES string of the molecule is CCn1c(=O)n(CC(=O)NC(C)C2CC2)c2ccccc21. The van der Waals surface area contributed by atoms with E-state index in [1.54, 1.807) is 9.13 Å². The molecule has 1 fully saturated rings. The normalized spacial score (nSPS) is 16.1. The lowest BCUT2D eigenvalue weighted by atomic mass is 10.2. The fraction of sp³-hybridized carbons (Fsp3) is 0.500. The number of nitrogens with one attached hydrogen (secondary N) is 1. The third-order valence-corrected chi connectivity index (χ3v) is 4.26. The summed E-state index contributed by atoms with van der Waals surface area (Å²) in [4.78, 5) is 24.6. The summed E-state index contributed by atoms with van der Waals surface area (Å²) in [6.07, 6.45) is 2.38. The molecule has 0 bridgehead atoms. The number of carbonyl (C=O) groups excluding carboxylic acids is 1. The second-order valence-corrected chi connectivity index (χ2v) is 5.80. The number of para-hydroxylation sites is 2. The van der Waals surface area contributed by atoms with Crippen molar-refractivity contribution in [2.75, 3.05) is 0 Å². The Labute approximate surface area is 123 Å². The molecular formula is C16H21N3O2. The Kier molecular flexibility index (Phi) is 3.57. The van der Waals surface area contributed by atoms with Crippen molar-refractivity contribution in [1.82, 2.24) is 14.5 Å². The predicted octanol–water partition coefficient (Wildman–Crippen LogP) is 1.74. The first-order chi connectivity index (χ1) is 10.1. The summed E-state index contributed by atoms with van der Waals surface area (Å²) in [5, 5.41) is 3.00. The number of amides is 1. The van der Waals surface area contributed by atoms with Crippen molar-refractivity contribution in [3.05, 3.63) is 34.7 Å². The fourth-order valence-corrected chi connectivity index (χ4v) is 2.89. The summed E-state index contributed by atoms with van der Waals surface area (Å²) in [6, 6.07) is 7.81. The minimum atomic E-state index is -0.118. The lowest BCUT2D eigenvalue weighted by molar-refractivity contribution is -0.122. The van der Waals surface area contributed by atoms with E-state index < -0.39 is 0 Å². The summed E-state index contributed by atoms with van der Waals surface area (Å²) in [5.41, 5.74) is 1.58. The van der Waals surface area contributed by atoms with Crippen LogP contribution in [-0.4, -0.2) is 21.1 Å². The maximum atomic E-state index is 12.4. The van der Waals surface area contributed by atoms with E-state index in [4.69, 9.17) is 0 Å². The highest BCUT2D eigenvalue weighted by atomic mass is 16.2. The fourth-order valence-electron chi connectivity index (χ4n) is 2.89. The van der Waals surface area contributed by atoms with Gasteiger partial charge in [-0.25, -0.2) is 4.79 Å². The second kappa shape index (κ2) is 5.39. The molecule has 1 saturated carbocycles. The van der Waals surface area contributed by atoms with E-state index in [1.165, 1.54) is 12.8 Å². The van der Waals surface area contributed by atoms with Crippen LogP contribution in [0, 0.1) is 5.92 Å². The number of benzene rings is 1. The van der Waals surface area contributed by atoms with E-state index in [9.17, 15) is 9.59 Å². The highest BCUT2D eigenvalue weighted by Gasteiger charge is 2.29. The summed E-state index contributed by atoms with van der Waals surface area (Å²) in [5.74, 6) is 0.526. The van der Waals surface area contributed by atoms with Gasteiger partial charge in [-0.15, -0.1) is 0 Å². The predicted molar refractivity (Wildman–Crippen MR) is 82.2 cm³/mol. The standard InChI is InChI=1S/C16H21N3O2/c1-3-18-13-6-4-5-7-14(13)19(16(18)21)10-15(20)17-11(2)12-8-9-12/h4-7,11-12H,3,8-10H2,1-2H3,(H,17,20). The van der Waals surface area contributed by atoms with Crippen LogP contribution in [-0.2, 0) is 17.9 Å². The van der Waals surface area contributed by atoms with E-state index in [0.29, 0.717) is 12.5 Å². The van der Waals surface area contributed by atoms with Crippen molar-refractivity contribution >= 4 is 16.9 Å². The van der Waals surface area contributed by atoms with Crippen LogP contribution in [0.4, 0.5) is 0 Å². The maximum Gasteiger partial charge on any atom is 0.329 e. The molecule has 5 heteroatoms. The van der Waals surface area contributed by atoms with Crippen LogP contribution >= 0.6 is 0 Å². The molecule has 112 valence electrons. The zero-order valence-electron chi connectivity index (χ0n) is 12.5. The third kappa shape index (κ3) is 2.60. The van der Waals surface area contributed by atoms with Crippen LogP contribution < -0.4 is 11.0 Å². The van der Waals surface area contributed by atoms with Crippen LogP contribution in [0.2, 0.25) is 0 Å². The number of fused-ring (bicyclic) bond motifs is 1. The van der Waals surface area contributed by atoms with Crippen molar-refractivity contribution in [2.45, 2.75) is 45.8 Å². The minimum absolute atomic E-state index is 0.0867. The Morgan fingerprint density at radius 1 is 1.29 bits per heavy atom. The molecule has 0 saturated heterocycles. The average Bonchev–Trinajstić information content (AvgIpc) is 3.27. The molecule has 1 aromatic carbocycles. The largest absolute Gasteiger partial charge is 0.352 e. The number of nitrogens with zero attached hydrogens (tertiary/aromatic N) is 2. The molecule has 1 aliphatic carbocycles. The van der Waals surface area contributed by atoms with Gasteiger partial charge in [0.1, 0.15) is 6.54 Å². The lowest BCUT2D eigenvalue weighted by Gasteiger charge is -2.12. The minimum Gasteiger partial charge on any atom is -0.352 e. The summed E-state index contributed by atoms with van der Waals surface area (Å²) in [7, 11) is 0. The smallest absolute Gasteiger partial charge is 0.329 e. The second-order valence-electron chi connectivity index (χ2n) is 5.80. The molecule has 0 radical (unpaired) electrons. The van der Waals surface area contributed by atoms with E-state index in [-0.39, 0.29) is 24.2 Å². The molecule has 1 aromatic heterocycles. The molecule has 3 rings (SSSR count). The van der Waals surface area contributed by atoms with Crippen molar-refractivity contribution in [2.24, 2.45) is 5.92 Å². The van der Waals surface area contributed by atoms with Gasteiger partial charge in [-0.05, 0) is 44.7 Å². The number of hydrogen-bond acceptors (Lipinski definition) is 2. The highest BCUT2D eigenvalue weighted by Crippen LogP contribution is 2.32. The van der Waals surface area contributed by atoms with Gasteiger partial charge in [-0.3, -0.25) is 13.9 Å². The van der Waals surface area contributed by atoms with Crippen LogP contribution in [0.3, 0.4) is 0 Å². The lowest BCUT2D eigenvalue weighted by Crippen LogP contribution is -2.38. The number of carbonyl (C=O) groups is 1. The van der Waals surface area contributed by atoms with Gasteiger partial charge in [-0.1, -0.05) is 12.1 Å². The van der Waals surface area contributed by atoms with Gasteiger partial charge < -0.3 is 5.32 Å². The zero-order valence-corrected chi connectivity index (χ0v) is 12.5. The first kappa shape index (κ1) is 13.9. The molecule has 2 aromatic rings. The van der Waals surface area contributed by atoms with Crippen molar-refractivity contribution < 1.29 is 4.79 Å². The molecule has 1 unspecified atom stereocenters. The molecule has 0 spiro atoms. The Balaban J connectivity index is 1.87. The number of rotatable bonds is 5. The monoisotopic (exact) mass is 287 g/mol. The maximum absolute atomic E-state index is 12.4. The van der Waals surface area contributed by atoms with E-state index >= 15 is 0 Å². The Hall–Kier alpha value is -2.04. The molecule has 5 nitrogen and oxygen atoms in total. The van der Waals surface area contributed by atoms with Crippen LogP contribution in [0.1, 0.15) is 26.7 Å². The molecule has 1 aliphatic rings. The van der Waals surface area contributed by atoms with Gasteiger partial charge in [-0.2, -0.15) is 0 Å². The van der Waals surface area contributed by atoms with Crippen molar-refractivity contribution in [3.63, 3.8) is 0 Å². The summed E-state index contributed by atoms with van der Waals surface area (Å²) < 4.78 is 3.26. The van der Waals surface area contributed by atoms with Gasteiger partial charge in [0.05, 0.1) is 11.0 Å². The number of aryl methyl sites for hydroxylation is 1. The number of hydrogen-bond donors (Lipinski definition) is 1. The van der Waals surface area contributed by atoms with Gasteiger partial charge in [0.25, 0.3) is 0 Å². The average molecular weight is 287 g/mol. The van der Waals surface area contributed by atoms with Crippen LogP contribution in [0.25, 0.3) is 11.0 Å². The van der Waals surface area contributed by atoms with Crippen molar-refractivity contribution in [3.8, 4) is 0 Å². The molecule has 1 heterocycles. The molecule has 21 heavy (non-hydrogen) atoms. The van der Waals surface area contributed by atoms with Gasteiger partial charge in [0, 0.05) is 12.6 Å². The van der Waals surface area contributed by atoms with Crippen LogP contribution in [0.5, 0.6) is 0 Å². The topological polar surface area (TPSA) is 56.0 Å². The first-order valence-corrected chi connectivity index (χ1v) is 7.59. The Morgan fingerprint density at radius 3 is 2.48 bits per heavy atom. The van der Waals surface area contributed by atoms with E-state index in [1.807, 2.05) is 38.1 Å². The zero-order chi connectivity index (χ0) is 15.0. The Bertz CT molecular complexity index is 725. The summed E-state index contributed by atoms with van der Waals surface area (Å²) in [6.45, 7) is 4.66. The number of imidazole rings is 1. The van der Waals surface area contributed by atoms with Crippen molar-refractivity contribution in [1.29, 1.82) is 0 Å². The first-order valence-electron chi connectivity index (χ1n) is 7.59. The molecular weight excluding hydrogens is 266 g/mol. The van der Waals surface area contributed by atoms with Gasteiger partial charge in [0.15, 0.2) is 0 Å². The van der Waals surface area contributed by atoms with Gasteiger partial charge >= 0.3 is 5.69 Å². The highest BCUT2D eigenvalue weighted by molar-refractivity contribution is 5.81. The molecule has 1 N–H and O–H groups in total. The third-order valence-electron chi connectivity index (χ3n) is 4.26. The molecule has 1 amide bonds. The van der Waals surface area contributed by atoms with Gasteiger partial charge in [0.2, 0.25) is 5.91 Å². The quantitative estimate of drug-likeness (QED) is 0.910.